The Kier molecular flexibility index (Phi) is 5.14. The summed E-state index contributed by atoms with van der Waals surface area (Å²) in [5.41, 5.74) is 0.220. The molecule has 1 unspecified atom stereocenters. The van der Waals surface area contributed by atoms with Gasteiger partial charge in [0.2, 0.25) is 0 Å². The Hall–Kier alpha value is 0.470. The van der Waals surface area contributed by atoms with Crippen LogP contribution in [0.2, 0.25) is 0 Å². The first-order valence-electron chi connectivity index (χ1n) is 5.26. The minimum atomic E-state index is 0.220. The lowest BCUT2D eigenvalue weighted by atomic mass is 9.89. The van der Waals surface area contributed by atoms with E-state index in [0.29, 0.717) is 0 Å². The third-order valence-corrected chi connectivity index (χ3v) is 5.07. The van der Waals surface area contributed by atoms with Crippen molar-refractivity contribution in [2.45, 2.75) is 45.4 Å². The summed E-state index contributed by atoms with van der Waals surface area (Å²) < 4.78 is 1.20. The van der Waals surface area contributed by atoms with Crippen molar-refractivity contribution < 1.29 is 0 Å². The van der Waals surface area contributed by atoms with Crippen molar-refractivity contribution >= 4 is 38.9 Å². The summed E-state index contributed by atoms with van der Waals surface area (Å²) in [6, 6.07) is 2.20. The minimum Gasteiger partial charge on any atom is -0.148 e. The van der Waals surface area contributed by atoms with Crippen LogP contribution in [0.25, 0.3) is 0 Å². The van der Waals surface area contributed by atoms with Crippen molar-refractivity contribution in [3.63, 3.8) is 0 Å². The van der Waals surface area contributed by atoms with E-state index in [4.69, 9.17) is 11.6 Å². The summed E-state index contributed by atoms with van der Waals surface area (Å²) in [7, 11) is 0. The molecular weight excluding hydrogens is 292 g/mol. The summed E-state index contributed by atoms with van der Waals surface area (Å²) in [6.07, 6.45) is 3.43. The van der Waals surface area contributed by atoms with E-state index in [2.05, 4.69) is 48.1 Å². The largest absolute Gasteiger partial charge is 0.148 e. The lowest BCUT2D eigenvalue weighted by molar-refractivity contribution is 0.369. The van der Waals surface area contributed by atoms with Gasteiger partial charge < -0.3 is 0 Å². The van der Waals surface area contributed by atoms with E-state index < -0.39 is 0 Å². The SMILES string of the molecule is CC(C)(C)C(Cl)CCCc1cc(Br)cs1. The van der Waals surface area contributed by atoms with Gasteiger partial charge in [0.1, 0.15) is 0 Å². The molecule has 1 atom stereocenters. The molecule has 0 aromatic carbocycles. The van der Waals surface area contributed by atoms with Crippen LogP contribution in [-0.4, -0.2) is 5.38 Å². The van der Waals surface area contributed by atoms with Gasteiger partial charge in [0.15, 0.2) is 0 Å². The summed E-state index contributed by atoms with van der Waals surface area (Å²) >= 11 is 11.6. The van der Waals surface area contributed by atoms with Crippen LogP contribution < -0.4 is 0 Å². The number of hydrogen-bond acceptors (Lipinski definition) is 1. The summed E-state index contributed by atoms with van der Waals surface area (Å²) in [5.74, 6) is 0. The van der Waals surface area contributed by atoms with Crippen LogP contribution >= 0.6 is 38.9 Å². The number of alkyl halides is 1. The highest BCUT2D eigenvalue weighted by molar-refractivity contribution is 9.10. The van der Waals surface area contributed by atoms with E-state index in [-0.39, 0.29) is 10.8 Å². The maximum atomic E-state index is 6.32. The standard InChI is InChI=1S/C12H18BrClS/c1-12(2,3)11(14)6-4-5-10-7-9(13)8-15-10/h7-8,11H,4-6H2,1-3H3. The molecule has 1 rings (SSSR count). The Labute approximate surface area is 110 Å². The third-order valence-electron chi connectivity index (χ3n) is 2.44. The maximum Gasteiger partial charge on any atom is 0.0384 e. The second-order valence-corrected chi connectivity index (χ2v) is 7.40. The molecule has 0 radical (unpaired) electrons. The number of hydrogen-bond donors (Lipinski definition) is 0. The van der Waals surface area contributed by atoms with Gasteiger partial charge in [0, 0.05) is 20.1 Å². The molecule has 0 aliphatic heterocycles. The molecule has 1 aromatic heterocycles. The predicted octanol–water partition coefficient (Wildman–Crippen LogP) is 5.49. The fraction of sp³-hybridized carbons (Fsp3) is 0.667. The number of thiophene rings is 1. The second kappa shape index (κ2) is 5.70. The highest BCUT2D eigenvalue weighted by atomic mass is 79.9. The molecule has 0 saturated heterocycles. The normalized spacial score (nSPS) is 14.2. The highest BCUT2D eigenvalue weighted by Gasteiger charge is 2.21. The number of aryl methyl sites for hydroxylation is 1. The van der Waals surface area contributed by atoms with Gasteiger partial charge in [0.05, 0.1) is 0 Å². The van der Waals surface area contributed by atoms with E-state index >= 15 is 0 Å². The van der Waals surface area contributed by atoms with Crippen LogP contribution in [-0.2, 0) is 6.42 Å². The molecule has 0 aliphatic rings. The van der Waals surface area contributed by atoms with Gasteiger partial charge in [0.25, 0.3) is 0 Å². The molecule has 0 amide bonds. The van der Waals surface area contributed by atoms with Crippen molar-refractivity contribution in [1.82, 2.24) is 0 Å². The van der Waals surface area contributed by atoms with E-state index in [1.54, 1.807) is 0 Å². The highest BCUT2D eigenvalue weighted by Crippen LogP contribution is 2.29. The van der Waals surface area contributed by atoms with Crippen molar-refractivity contribution in [1.29, 1.82) is 0 Å². The lowest BCUT2D eigenvalue weighted by Crippen LogP contribution is -2.20. The number of rotatable bonds is 4. The molecular formula is C12H18BrClS. The predicted molar refractivity (Wildman–Crippen MR) is 74.1 cm³/mol. The van der Waals surface area contributed by atoms with Crippen molar-refractivity contribution in [3.8, 4) is 0 Å². The van der Waals surface area contributed by atoms with E-state index in [9.17, 15) is 0 Å². The molecule has 1 heterocycles. The van der Waals surface area contributed by atoms with Gasteiger partial charge >= 0.3 is 0 Å². The molecule has 1 aromatic rings. The molecule has 0 bridgehead atoms. The molecule has 3 heteroatoms. The first-order valence-corrected chi connectivity index (χ1v) is 7.37. The topological polar surface area (TPSA) is 0 Å². The first kappa shape index (κ1) is 13.5. The molecule has 15 heavy (non-hydrogen) atoms. The van der Waals surface area contributed by atoms with Crippen LogP contribution in [0.3, 0.4) is 0 Å². The molecule has 86 valence electrons. The van der Waals surface area contributed by atoms with Crippen molar-refractivity contribution in [3.05, 3.63) is 20.8 Å². The van der Waals surface area contributed by atoms with Gasteiger partial charge in [-0.3, -0.25) is 0 Å². The van der Waals surface area contributed by atoms with Crippen molar-refractivity contribution in [2.75, 3.05) is 0 Å². The zero-order valence-corrected chi connectivity index (χ0v) is 12.7. The molecule has 0 nitrogen and oxygen atoms in total. The quantitative estimate of drug-likeness (QED) is 0.645. The lowest BCUT2D eigenvalue weighted by Gasteiger charge is -2.24. The van der Waals surface area contributed by atoms with Gasteiger partial charge in [-0.05, 0) is 46.7 Å². The minimum absolute atomic E-state index is 0.220. The average molecular weight is 310 g/mol. The number of halogens is 2. The zero-order chi connectivity index (χ0) is 11.5. The van der Waals surface area contributed by atoms with Crippen molar-refractivity contribution in [2.24, 2.45) is 5.41 Å². The summed E-state index contributed by atoms with van der Waals surface area (Å²) in [6.45, 7) is 6.60. The molecule has 0 N–H and O–H groups in total. The second-order valence-electron chi connectivity index (χ2n) is 4.96. The molecule has 0 spiro atoms. The fourth-order valence-electron chi connectivity index (χ4n) is 1.37. The van der Waals surface area contributed by atoms with Crippen LogP contribution in [0.1, 0.15) is 38.5 Å². The average Bonchev–Trinajstić information content (AvgIpc) is 2.49. The molecule has 0 fully saturated rings. The smallest absolute Gasteiger partial charge is 0.0384 e. The monoisotopic (exact) mass is 308 g/mol. The van der Waals surface area contributed by atoms with Crippen LogP contribution in [0.15, 0.2) is 15.9 Å². The summed E-state index contributed by atoms with van der Waals surface area (Å²) in [4.78, 5) is 1.44. The van der Waals surface area contributed by atoms with E-state index in [1.807, 2.05) is 11.3 Å². The van der Waals surface area contributed by atoms with Gasteiger partial charge in [-0.15, -0.1) is 22.9 Å². The van der Waals surface area contributed by atoms with Gasteiger partial charge in [-0.25, -0.2) is 0 Å². The van der Waals surface area contributed by atoms with Gasteiger partial charge in [-0.2, -0.15) is 0 Å². The Morgan fingerprint density at radius 2 is 2.13 bits per heavy atom. The van der Waals surface area contributed by atoms with E-state index in [0.717, 1.165) is 12.8 Å². The third kappa shape index (κ3) is 4.88. The maximum absolute atomic E-state index is 6.32. The van der Waals surface area contributed by atoms with Gasteiger partial charge in [-0.1, -0.05) is 20.8 Å². The summed E-state index contributed by atoms with van der Waals surface area (Å²) in [5, 5.41) is 2.41. The van der Waals surface area contributed by atoms with Crippen LogP contribution in [0, 0.1) is 5.41 Å². The Bertz CT molecular complexity index is 301. The van der Waals surface area contributed by atoms with Crippen LogP contribution in [0.5, 0.6) is 0 Å². The first-order chi connectivity index (χ1) is 6.89. The fourth-order valence-corrected chi connectivity index (χ4v) is 3.03. The Morgan fingerprint density at radius 1 is 1.47 bits per heavy atom. The van der Waals surface area contributed by atoms with Crippen LogP contribution in [0.4, 0.5) is 0 Å². The van der Waals surface area contributed by atoms with E-state index in [1.165, 1.54) is 15.8 Å². The zero-order valence-electron chi connectivity index (χ0n) is 9.52. The Balaban J connectivity index is 2.28. The molecule has 0 aliphatic carbocycles. The molecule has 0 saturated carbocycles. The Morgan fingerprint density at radius 3 is 2.60 bits per heavy atom.